The topological polar surface area (TPSA) is 190 Å². The second-order valence-electron chi connectivity index (χ2n) is 15.5. The molecule has 16 nitrogen and oxygen atoms in total. The third-order valence-electron chi connectivity index (χ3n) is 11.7. The van der Waals surface area contributed by atoms with E-state index in [1.807, 2.05) is 24.3 Å². The molecular weight excluding hydrogens is 741 g/mol. The number of aromatic nitrogens is 4. The largest absolute Gasteiger partial charge is 0.368 e. The van der Waals surface area contributed by atoms with Crippen LogP contribution in [-0.4, -0.2) is 116 Å². The predicted octanol–water partition coefficient (Wildman–Crippen LogP) is 4.01. The molecule has 5 aromatic rings. The molecule has 16 heteroatoms. The number of H-pyrrole nitrogens is 1. The Morgan fingerprint density at radius 3 is 2.53 bits per heavy atom. The Morgan fingerprint density at radius 1 is 0.931 bits per heavy atom. The number of amides is 5. The number of nitrogens with one attached hydrogen (secondary N) is 3. The molecule has 298 valence electrons. The number of imidazole rings is 1. The van der Waals surface area contributed by atoms with E-state index in [9.17, 15) is 24.0 Å². The molecule has 0 aliphatic carbocycles. The van der Waals surface area contributed by atoms with Gasteiger partial charge in [-0.05, 0) is 100 Å². The Hall–Kier alpha value is -6.26. The number of hydrogen-bond donors (Lipinski definition) is 3. The Bertz CT molecular complexity index is 2420. The van der Waals surface area contributed by atoms with Crippen LogP contribution >= 0.6 is 0 Å². The number of anilines is 2. The molecule has 3 saturated heterocycles. The van der Waals surface area contributed by atoms with Crippen molar-refractivity contribution in [3.63, 3.8) is 0 Å². The van der Waals surface area contributed by atoms with Gasteiger partial charge in [0.25, 0.3) is 23.6 Å². The summed E-state index contributed by atoms with van der Waals surface area (Å²) in [5.74, 6) is -0.327. The van der Waals surface area contributed by atoms with Gasteiger partial charge in [-0.3, -0.25) is 44.0 Å². The van der Waals surface area contributed by atoms with E-state index in [2.05, 4.69) is 47.4 Å². The standard InChI is InChI=1S/C42H44N10O6/c1-25-5-3-18-51(25)24-35-44-30-14-13-28(23-31(30)45-35)43-38(54)26-9-11-27(12-10-26)40-46-34(48-58-40)8-4-17-49-19-21-50(22-20-49)32-7-2-6-29-37(32)42(57)52(41(29)56)33-15-16-36(53)47-39(33)55/h2,6-7,9-14,23,25,33H,3-5,8,15-22,24H2,1H3,(H,43,54)(H,44,45)(H,47,53,55)/t25-,33?/m0/s1. The highest BCUT2D eigenvalue weighted by molar-refractivity contribution is 6.25. The third-order valence-corrected chi connectivity index (χ3v) is 11.7. The summed E-state index contributed by atoms with van der Waals surface area (Å²) in [5, 5.41) is 9.42. The molecule has 0 radical (unpaired) electrons. The van der Waals surface area contributed by atoms with Crippen molar-refractivity contribution in [1.29, 1.82) is 0 Å². The van der Waals surface area contributed by atoms with Crippen molar-refractivity contribution in [2.45, 2.75) is 64.1 Å². The van der Waals surface area contributed by atoms with E-state index in [0.717, 1.165) is 66.5 Å². The average molecular weight is 785 g/mol. The number of nitrogens with zero attached hydrogens (tertiary/aromatic N) is 7. The van der Waals surface area contributed by atoms with E-state index < -0.39 is 29.7 Å². The summed E-state index contributed by atoms with van der Waals surface area (Å²) in [4.78, 5) is 84.8. The lowest BCUT2D eigenvalue weighted by Gasteiger charge is -2.36. The van der Waals surface area contributed by atoms with Gasteiger partial charge >= 0.3 is 0 Å². The molecule has 2 aromatic heterocycles. The second kappa shape index (κ2) is 15.6. The summed E-state index contributed by atoms with van der Waals surface area (Å²) in [6, 6.07) is 17.6. The molecule has 0 saturated carbocycles. The number of aromatic amines is 1. The van der Waals surface area contributed by atoms with Crippen LogP contribution in [-0.2, 0) is 22.6 Å². The van der Waals surface area contributed by atoms with Gasteiger partial charge in [-0.15, -0.1) is 0 Å². The van der Waals surface area contributed by atoms with Crippen LogP contribution in [0.4, 0.5) is 11.4 Å². The van der Waals surface area contributed by atoms with Crippen LogP contribution in [0.25, 0.3) is 22.5 Å². The van der Waals surface area contributed by atoms with Crippen LogP contribution in [0.2, 0.25) is 0 Å². The maximum atomic E-state index is 13.6. The van der Waals surface area contributed by atoms with Gasteiger partial charge in [-0.2, -0.15) is 4.98 Å². The molecule has 4 aliphatic rings. The lowest BCUT2D eigenvalue weighted by molar-refractivity contribution is -0.136. The molecule has 0 bridgehead atoms. The summed E-state index contributed by atoms with van der Waals surface area (Å²) in [6.07, 6.45) is 4.07. The first-order valence-electron chi connectivity index (χ1n) is 20.0. The molecule has 9 rings (SSSR count). The van der Waals surface area contributed by atoms with Crippen LogP contribution in [0.1, 0.15) is 81.8 Å². The highest BCUT2D eigenvalue weighted by Crippen LogP contribution is 2.35. The van der Waals surface area contributed by atoms with Crippen molar-refractivity contribution in [3.05, 3.63) is 89.0 Å². The van der Waals surface area contributed by atoms with Crippen LogP contribution in [0, 0.1) is 0 Å². The van der Waals surface area contributed by atoms with Crippen molar-refractivity contribution in [3.8, 4) is 11.5 Å². The average Bonchev–Trinajstić information content (AvgIpc) is 4.02. The minimum Gasteiger partial charge on any atom is -0.368 e. The Labute approximate surface area is 333 Å². The normalized spacial score (nSPS) is 20.3. The number of hydrogen-bond acceptors (Lipinski definition) is 12. The van der Waals surface area contributed by atoms with Gasteiger partial charge in [0, 0.05) is 61.9 Å². The monoisotopic (exact) mass is 784 g/mol. The first kappa shape index (κ1) is 37.3. The SMILES string of the molecule is C[C@H]1CCCN1Cc1nc2ccc(NC(=O)c3ccc(-c4nc(CCCN5CCN(c6cccc7c6C(=O)N(C6CCC(=O)NC6=O)C7=O)CC5)no4)cc3)cc2[nH]1. The molecule has 4 aliphatic heterocycles. The van der Waals surface area contributed by atoms with E-state index in [1.165, 1.54) is 12.8 Å². The zero-order valence-corrected chi connectivity index (χ0v) is 32.2. The number of piperazine rings is 1. The fourth-order valence-corrected chi connectivity index (χ4v) is 8.51. The minimum absolute atomic E-state index is 0.0774. The maximum absolute atomic E-state index is 13.6. The number of fused-ring (bicyclic) bond motifs is 2. The minimum atomic E-state index is -0.998. The maximum Gasteiger partial charge on any atom is 0.264 e. The van der Waals surface area contributed by atoms with Crippen LogP contribution < -0.4 is 15.5 Å². The number of aryl methyl sites for hydroxylation is 1. The summed E-state index contributed by atoms with van der Waals surface area (Å²) in [6.45, 7) is 7.79. The number of carbonyl (C=O) groups excluding carboxylic acids is 5. The Kier molecular flexibility index (Phi) is 10.0. The number of piperidine rings is 1. The molecular formula is C42H44N10O6. The van der Waals surface area contributed by atoms with Gasteiger partial charge in [0.2, 0.25) is 11.8 Å². The van der Waals surface area contributed by atoms with Gasteiger partial charge in [0.05, 0.1) is 34.4 Å². The number of likely N-dealkylation sites (tertiary alicyclic amines) is 1. The molecule has 6 heterocycles. The van der Waals surface area contributed by atoms with E-state index in [1.54, 1.807) is 36.4 Å². The first-order chi connectivity index (χ1) is 28.2. The van der Waals surface area contributed by atoms with Gasteiger partial charge in [0.1, 0.15) is 11.9 Å². The summed E-state index contributed by atoms with van der Waals surface area (Å²) >= 11 is 0. The summed E-state index contributed by atoms with van der Waals surface area (Å²) in [5.41, 5.74) is 4.95. The molecule has 5 amide bonds. The molecule has 3 fully saturated rings. The number of benzene rings is 3. The lowest BCUT2D eigenvalue weighted by Crippen LogP contribution is -2.54. The van der Waals surface area contributed by atoms with Crippen LogP contribution in [0.15, 0.2) is 65.2 Å². The third kappa shape index (κ3) is 7.36. The number of rotatable bonds is 11. The Balaban J connectivity index is 0.746. The van der Waals surface area contributed by atoms with Crippen molar-refractivity contribution in [1.82, 2.24) is 40.1 Å². The number of carbonyl (C=O) groups is 5. The molecule has 3 N–H and O–H groups in total. The van der Waals surface area contributed by atoms with E-state index in [0.29, 0.717) is 59.8 Å². The van der Waals surface area contributed by atoms with Gasteiger partial charge in [0.15, 0.2) is 5.82 Å². The van der Waals surface area contributed by atoms with Crippen molar-refractivity contribution < 1.29 is 28.5 Å². The lowest BCUT2D eigenvalue weighted by atomic mass is 10.0. The first-order valence-corrected chi connectivity index (χ1v) is 20.0. The van der Waals surface area contributed by atoms with Crippen LogP contribution in [0.3, 0.4) is 0 Å². The highest BCUT2D eigenvalue weighted by Gasteiger charge is 2.46. The van der Waals surface area contributed by atoms with Gasteiger partial charge < -0.3 is 19.7 Å². The van der Waals surface area contributed by atoms with Gasteiger partial charge in [-0.1, -0.05) is 11.2 Å². The quantitative estimate of drug-likeness (QED) is 0.164. The summed E-state index contributed by atoms with van der Waals surface area (Å²) < 4.78 is 5.57. The molecule has 2 atom stereocenters. The zero-order chi connectivity index (χ0) is 39.9. The molecule has 0 spiro atoms. The highest BCUT2D eigenvalue weighted by atomic mass is 16.5. The van der Waals surface area contributed by atoms with E-state index in [4.69, 9.17) is 9.51 Å². The zero-order valence-electron chi connectivity index (χ0n) is 32.2. The smallest absolute Gasteiger partial charge is 0.264 e. The van der Waals surface area contributed by atoms with Crippen LogP contribution in [0.5, 0.6) is 0 Å². The fourth-order valence-electron chi connectivity index (χ4n) is 8.51. The summed E-state index contributed by atoms with van der Waals surface area (Å²) in [7, 11) is 0. The fraction of sp³-hybridized carbons (Fsp3) is 0.381. The van der Waals surface area contributed by atoms with Gasteiger partial charge in [-0.25, -0.2) is 4.98 Å². The Morgan fingerprint density at radius 2 is 1.76 bits per heavy atom. The van der Waals surface area contributed by atoms with E-state index >= 15 is 0 Å². The molecule has 3 aromatic carbocycles. The van der Waals surface area contributed by atoms with Crippen molar-refractivity contribution >= 4 is 51.9 Å². The molecule has 1 unspecified atom stereocenters. The van der Waals surface area contributed by atoms with Crippen molar-refractivity contribution in [2.75, 3.05) is 49.5 Å². The van der Waals surface area contributed by atoms with Crippen molar-refractivity contribution in [2.24, 2.45) is 0 Å². The number of imide groups is 2. The second-order valence-corrected chi connectivity index (χ2v) is 15.5. The van der Waals surface area contributed by atoms with E-state index in [-0.39, 0.29) is 24.3 Å². The molecule has 58 heavy (non-hydrogen) atoms. The predicted molar refractivity (Wildman–Crippen MR) is 213 cm³/mol.